The molecule has 0 bridgehead atoms. The maximum absolute atomic E-state index is 12.4. The number of nitrogens with zero attached hydrogens (tertiary/aromatic N) is 3. The van der Waals surface area contributed by atoms with Crippen molar-refractivity contribution in [3.63, 3.8) is 0 Å². The molecule has 1 amide bonds. The van der Waals surface area contributed by atoms with E-state index in [1.807, 2.05) is 60.0 Å². The van der Waals surface area contributed by atoms with Crippen LogP contribution in [0.3, 0.4) is 0 Å². The molecule has 5 nitrogen and oxygen atoms in total. The fraction of sp³-hybridized carbons (Fsp3) is 0.227. The van der Waals surface area contributed by atoms with Gasteiger partial charge < -0.3 is 5.32 Å². The van der Waals surface area contributed by atoms with E-state index >= 15 is 0 Å². The number of carbonyl (C=O) groups is 1. The molecule has 28 heavy (non-hydrogen) atoms. The molecule has 2 aromatic carbocycles. The van der Waals surface area contributed by atoms with Gasteiger partial charge in [0.1, 0.15) is 0 Å². The highest BCUT2D eigenvalue weighted by Crippen LogP contribution is 2.25. The number of benzene rings is 2. The van der Waals surface area contributed by atoms with Crippen molar-refractivity contribution in [1.82, 2.24) is 14.8 Å². The highest BCUT2D eigenvalue weighted by molar-refractivity contribution is 7.99. The Labute approximate surface area is 169 Å². The first kappa shape index (κ1) is 19.9. The number of thioether (sulfide) groups is 1. The molecule has 0 aliphatic carbocycles. The molecule has 0 fully saturated rings. The van der Waals surface area contributed by atoms with Gasteiger partial charge in [-0.3, -0.25) is 9.36 Å². The summed E-state index contributed by atoms with van der Waals surface area (Å²) in [4.78, 5) is 12.4. The van der Waals surface area contributed by atoms with E-state index in [9.17, 15) is 4.79 Å². The Balaban J connectivity index is 1.73. The fourth-order valence-corrected chi connectivity index (χ4v) is 3.70. The lowest BCUT2D eigenvalue weighted by atomic mass is 10.1. The fourth-order valence-electron chi connectivity index (χ4n) is 2.95. The van der Waals surface area contributed by atoms with Gasteiger partial charge in [-0.15, -0.1) is 16.8 Å². The van der Waals surface area contributed by atoms with Crippen molar-refractivity contribution in [2.45, 2.75) is 32.0 Å². The van der Waals surface area contributed by atoms with Gasteiger partial charge in [-0.05, 0) is 31.0 Å². The van der Waals surface area contributed by atoms with Gasteiger partial charge in [0, 0.05) is 17.8 Å². The zero-order valence-corrected chi connectivity index (χ0v) is 17.0. The molecule has 0 spiro atoms. The first-order valence-corrected chi connectivity index (χ1v) is 10.2. The summed E-state index contributed by atoms with van der Waals surface area (Å²) < 4.78 is 1.99. The largest absolute Gasteiger partial charge is 0.325 e. The average molecular weight is 393 g/mol. The number of para-hydroxylation sites is 1. The number of nitrogens with one attached hydrogen (secondary N) is 1. The predicted molar refractivity (Wildman–Crippen MR) is 116 cm³/mol. The number of amides is 1. The smallest absolute Gasteiger partial charge is 0.234 e. The number of aryl methyl sites for hydroxylation is 2. The summed E-state index contributed by atoms with van der Waals surface area (Å²) in [5, 5.41) is 12.3. The van der Waals surface area contributed by atoms with Crippen LogP contribution in [-0.2, 0) is 17.8 Å². The summed E-state index contributed by atoms with van der Waals surface area (Å²) in [7, 11) is 0. The van der Waals surface area contributed by atoms with Gasteiger partial charge >= 0.3 is 0 Å². The lowest BCUT2D eigenvalue weighted by Gasteiger charge is -2.10. The van der Waals surface area contributed by atoms with Crippen LogP contribution in [0.4, 0.5) is 5.69 Å². The van der Waals surface area contributed by atoms with Crippen molar-refractivity contribution in [3.05, 3.63) is 72.3 Å². The minimum Gasteiger partial charge on any atom is -0.325 e. The minimum atomic E-state index is -0.0591. The molecule has 0 saturated heterocycles. The number of hydrogen-bond donors (Lipinski definition) is 1. The summed E-state index contributed by atoms with van der Waals surface area (Å²) in [5.41, 5.74) is 4.15. The molecule has 0 radical (unpaired) electrons. The third-order valence-corrected chi connectivity index (χ3v) is 5.28. The van der Waals surface area contributed by atoms with Crippen LogP contribution in [0.5, 0.6) is 0 Å². The lowest BCUT2D eigenvalue weighted by molar-refractivity contribution is -0.113. The van der Waals surface area contributed by atoms with Crippen LogP contribution in [0.15, 0.2) is 66.3 Å². The predicted octanol–water partition coefficient (Wildman–Crippen LogP) is 4.73. The van der Waals surface area contributed by atoms with Crippen LogP contribution in [0, 0.1) is 6.92 Å². The number of rotatable bonds is 8. The van der Waals surface area contributed by atoms with Crippen molar-refractivity contribution in [3.8, 4) is 11.4 Å². The number of allylic oxidation sites excluding steroid dienone is 1. The molecule has 1 N–H and O–H groups in total. The topological polar surface area (TPSA) is 59.8 Å². The summed E-state index contributed by atoms with van der Waals surface area (Å²) in [5.74, 6) is 0.986. The van der Waals surface area contributed by atoms with Gasteiger partial charge in [-0.1, -0.05) is 66.7 Å². The van der Waals surface area contributed by atoms with Gasteiger partial charge in [0.05, 0.1) is 5.75 Å². The number of anilines is 1. The Morgan fingerprint density at radius 3 is 2.79 bits per heavy atom. The van der Waals surface area contributed by atoms with Gasteiger partial charge in [0.25, 0.3) is 0 Å². The highest BCUT2D eigenvalue weighted by Gasteiger charge is 2.15. The molecule has 3 aromatic rings. The van der Waals surface area contributed by atoms with Crippen molar-refractivity contribution in [1.29, 1.82) is 0 Å². The SMILES string of the molecule is C=CCn1c(SCC(=O)Nc2ccccc2CC)nnc1-c1cccc(C)c1. The second kappa shape index (κ2) is 9.37. The van der Waals surface area contributed by atoms with E-state index < -0.39 is 0 Å². The molecule has 144 valence electrons. The van der Waals surface area contributed by atoms with E-state index in [-0.39, 0.29) is 11.7 Å². The Hall–Kier alpha value is -2.86. The molecule has 0 aliphatic rings. The van der Waals surface area contributed by atoms with Crippen LogP contribution in [-0.4, -0.2) is 26.4 Å². The zero-order chi connectivity index (χ0) is 19.9. The summed E-state index contributed by atoms with van der Waals surface area (Å²) in [6, 6.07) is 16.0. The average Bonchev–Trinajstić information content (AvgIpc) is 3.10. The van der Waals surface area contributed by atoms with E-state index in [0.717, 1.165) is 34.6 Å². The lowest BCUT2D eigenvalue weighted by Crippen LogP contribution is -2.15. The zero-order valence-electron chi connectivity index (χ0n) is 16.2. The molecule has 0 saturated carbocycles. The quantitative estimate of drug-likeness (QED) is 0.445. The van der Waals surface area contributed by atoms with Gasteiger partial charge in [0.2, 0.25) is 5.91 Å². The van der Waals surface area contributed by atoms with Crippen LogP contribution < -0.4 is 5.32 Å². The van der Waals surface area contributed by atoms with Gasteiger partial charge in [-0.2, -0.15) is 0 Å². The summed E-state index contributed by atoms with van der Waals surface area (Å²) >= 11 is 1.38. The molecule has 6 heteroatoms. The monoisotopic (exact) mass is 392 g/mol. The second-order valence-corrected chi connectivity index (χ2v) is 7.36. The Morgan fingerprint density at radius 1 is 1.21 bits per heavy atom. The highest BCUT2D eigenvalue weighted by atomic mass is 32.2. The first-order chi connectivity index (χ1) is 13.6. The van der Waals surface area contributed by atoms with Gasteiger partial charge in [-0.25, -0.2) is 0 Å². The number of aromatic nitrogens is 3. The van der Waals surface area contributed by atoms with Crippen molar-refractivity contribution >= 4 is 23.4 Å². The second-order valence-electron chi connectivity index (χ2n) is 6.42. The van der Waals surface area contributed by atoms with Crippen molar-refractivity contribution in [2.75, 3.05) is 11.1 Å². The van der Waals surface area contributed by atoms with Crippen LogP contribution in [0.25, 0.3) is 11.4 Å². The van der Waals surface area contributed by atoms with E-state index in [4.69, 9.17) is 0 Å². The molecule has 0 aliphatic heterocycles. The molecule has 1 heterocycles. The molecule has 3 rings (SSSR count). The van der Waals surface area contributed by atoms with Crippen LogP contribution >= 0.6 is 11.8 Å². The molecular formula is C22H24N4OS. The van der Waals surface area contributed by atoms with Crippen molar-refractivity contribution < 1.29 is 4.79 Å². The van der Waals surface area contributed by atoms with Crippen LogP contribution in [0.2, 0.25) is 0 Å². The Bertz CT molecular complexity index is 980. The first-order valence-electron chi connectivity index (χ1n) is 9.24. The third kappa shape index (κ3) is 4.70. The normalized spacial score (nSPS) is 10.6. The van der Waals surface area contributed by atoms with E-state index in [1.165, 1.54) is 11.8 Å². The van der Waals surface area contributed by atoms with Crippen molar-refractivity contribution in [2.24, 2.45) is 0 Å². The van der Waals surface area contributed by atoms with E-state index in [0.29, 0.717) is 11.7 Å². The van der Waals surface area contributed by atoms with Gasteiger partial charge in [0.15, 0.2) is 11.0 Å². The van der Waals surface area contributed by atoms with E-state index in [2.05, 4.69) is 35.1 Å². The summed E-state index contributed by atoms with van der Waals surface area (Å²) in [6.45, 7) is 8.54. The maximum Gasteiger partial charge on any atom is 0.234 e. The van der Waals surface area contributed by atoms with E-state index in [1.54, 1.807) is 0 Å². The van der Waals surface area contributed by atoms with Crippen LogP contribution in [0.1, 0.15) is 18.1 Å². The third-order valence-electron chi connectivity index (χ3n) is 4.31. The maximum atomic E-state index is 12.4. The number of carbonyl (C=O) groups excluding carboxylic acids is 1. The molecule has 0 atom stereocenters. The Morgan fingerprint density at radius 2 is 2.04 bits per heavy atom. The Kier molecular flexibility index (Phi) is 6.66. The summed E-state index contributed by atoms with van der Waals surface area (Å²) in [6.07, 6.45) is 2.68. The molecular weight excluding hydrogens is 368 g/mol. The standard InChI is InChI=1S/C22H24N4OS/c1-4-13-26-21(18-11-8-9-16(3)14-18)24-25-22(26)28-15-20(27)23-19-12-7-6-10-17(19)5-2/h4,6-12,14H,1,5,13,15H2,2-3H3,(H,23,27). The number of hydrogen-bond acceptors (Lipinski definition) is 4. The molecule has 0 unspecified atom stereocenters. The molecule has 1 aromatic heterocycles. The minimum absolute atomic E-state index is 0.0591.